The van der Waals surface area contributed by atoms with Crippen LogP contribution in [0.4, 0.5) is 5.82 Å². The Hall–Kier alpha value is -4.44. The van der Waals surface area contributed by atoms with Crippen molar-refractivity contribution in [3.05, 3.63) is 90.4 Å². The number of pyridine rings is 2. The van der Waals surface area contributed by atoms with Crippen LogP contribution in [-0.2, 0) is 0 Å². The van der Waals surface area contributed by atoms with Crippen LogP contribution in [0, 0.1) is 18.8 Å². The minimum atomic E-state index is 0.427. The Kier molecular flexibility index (Phi) is 4.23. The van der Waals surface area contributed by atoms with Gasteiger partial charge in [-0.25, -0.2) is 19.6 Å². The summed E-state index contributed by atoms with van der Waals surface area (Å²) in [6.45, 7) is 1.98. The average Bonchev–Trinajstić information content (AvgIpc) is 3.40. The lowest BCUT2D eigenvalue weighted by atomic mass is 10.1. The Balaban J connectivity index is 1.57. The van der Waals surface area contributed by atoms with E-state index >= 15 is 0 Å². The van der Waals surface area contributed by atoms with Gasteiger partial charge in [0.05, 0.1) is 17.1 Å². The fraction of sp³-hybridized carbons (Fsp3) is 0.0435. The lowest BCUT2D eigenvalue weighted by Gasteiger charge is -2.06. The molecule has 0 atom stereocenters. The number of hydrogen-bond acceptors (Lipinski definition) is 5. The number of rotatable bonds is 2. The van der Waals surface area contributed by atoms with E-state index in [1.54, 1.807) is 17.1 Å². The molecule has 5 rings (SSSR count). The van der Waals surface area contributed by atoms with E-state index in [0.717, 1.165) is 33.8 Å². The van der Waals surface area contributed by atoms with Gasteiger partial charge in [-0.3, -0.25) is 4.40 Å². The topological polar surface area (TPSA) is 86.9 Å². The second-order valence-corrected chi connectivity index (χ2v) is 6.74. The van der Waals surface area contributed by atoms with Gasteiger partial charge in [0.25, 0.3) is 0 Å². The molecule has 144 valence electrons. The van der Waals surface area contributed by atoms with E-state index in [1.165, 1.54) is 6.33 Å². The number of aryl methyl sites for hydroxylation is 1. The monoisotopic (exact) mass is 391 g/mol. The average molecular weight is 391 g/mol. The van der Waals surface area contributed by atoms with Crippen molar-refractivity contribution < 1.29 is 0 Å². The molecular formula is C23H17N7. The molecule has 2 N–H and O–H groups in total. The minimum Gasteiger partial charge on any atom is -0.384 e. The summed E-state index contributed by atoms with van der Waals surface area (Å²) in [6, 6.07) is 17.4. The molecule has 0 saturated heterocycles. The summed E-state index contributed by atoms with van der Waals surface area (Å²) in [4.78, 5) is 13.1. The quantitative estimate of drug-likeness (QED) is 0.467. The molecule has 0 aliphatic heterocycles. The zero-order valence-electron chi connectivity index (χ0n) is 16.2. The standard InChI is InChI=1S/C23H17N7/c1-16-23(29-13-3-2-4-22(29)27-16)19-10-12-21(24)28-20(19)11-7-17-5-8-18(9-6-17)30-15-25-14-26-30/h2-6,8-10,12-15H,1H3,(H2,24,28). The number of benzene rings is 1. The normalized spacial score (nSPS) is 10.7. The minimum absolute atomic E-state index is 0.427. The van der Waals surface area contributed by atoms with Crippen LogP contribution >= 0.6 is 0 Å². The third kappa shape index (κ3) is 3.16. The van der Waals surface area contributed by atoms with Crippen LogP contribution in [0.5, 0.6) is 0 Å². The lowest BCUT2D eigenvalue weighted by molar-refractivity contribution is 0.879. The van der Waals surface area contributed by atoms with E-state index in [2.05, 4.69) is 31.9 Å². The van der Waals surface area contributed by atoms with Gasteiger partial charge in [-0.15, -0.1) is 0 Å². The first-order valence-electron chi connectivity index (χ1n) is 9.37. The summed E-state index contributed by atoms with van der Waals surface area (Å²) in [7, 11) is 0. The number of nitrogen functional groups attached to an aromatic ring is 1. The molecule has 0 aliphatic carbocycles. The number of fused-ring (bicyclic) bond motifs is 1. The maximum absolute atomic E-state index is 5.96. The van der Waals surface area contributed by atoms with Gasteiger partial charge in [-0.05, 0) is 61.4 Å². The molecule has 4 aromatic heterocycles. The van der Waals surface area contributed by atoms with Crippen LogP contribution < -0.4 is 5.73 Å². The first-order chi connectivity index (χ1) is 14.7. The van der Waals surface area contributed by atoms with Crippen LogP contribution in [0.1, 0.15) is 17.0 Å². The van der Waals surface area contributed by atoms with E-state index in [4.69, 9.17) is 5.73 Å². The summed E-state index contributed by atoms with van der Waals surface area (Å²) in [5.74, 6) is 6.80. The Labute approximate surface area is 172 Å². The highest BCUT2D eigenvalue weighted by molar-refractivity contribution is 5.73. The molecular weight excluding hydrogens is 374 g/mol. The molecule has 7 heteroatoms. The van der Waals surface area contributed by atoms with Crippen LogP contribution in [0.3, 0.4) is 0 Å². The smallest absolute Gasteiger partial charge is 0.138 e. The summed E-state index contributed by atoms with van der Waals surface area (Å²) in [6.07, 6.45) is 5.14. The molecule has 0 bridgehead atoms. The highest BCUT2D eigenvalue weighted by Gasteiger charge is 2.14. The van der Waals surface area contributed by atoms with Gasteiger partial charge < -0.3 is 5.73 Å². The number of imidazole rings is 1. The van der Waals surface area contributed by atoms with E-state index in [9.17, 15) is 0 Å². The third-order valence-electron chi connectivity index (χ3n) is 4.75. The Bertz CT molecular complexity index is 1400. The fourth-order valence-corrected chi connectivity index (χ4v) is 3.37. The molecule has 0 radical (unpaired) electrons. The fourth-order valence-electron chi connectivity index (χ4n) is 3.37. The molecule has 7 nitrogen and oxygen atoms in total. The SMILES string of the molecule is Cc1nc2ccccn2c1-c1ccc(N)nc1C#Cc1ccc(-n2cncn2)cc1. The number of aromatic nitrogens is 6. The van der Waals surface area contributed by atoms with Gasteiger partial charge in [-0.2, -0.15) is 5.10 Å². The largest absolute Gasteiger partial charge is 0.384 e. The van der Waals surface area contributed by atoms with Crippen LogP contribution in [0.2, 0.25) is 0 Å². The summed E-state index contributed by atoms with van der Waals surface area (Å²) in [5.41, 5.74) is 12.0. The van der Waals surface area contributed by atoms with Crippen molar-refractivity contribution in [1.82, 2.24) is 29.1 Å². The number of anilines is 1. The Morgan fingerprint density at radius 1 is 0.933 bits per heavy atom. The van der Waals surface area contributed by atoms with E-state index in [1.807, 2.05) is 66.1 Å². The van der Waals surface area contributed by atoms with Crippen LogP contribution in [0.15, 0.2) is 73.4 Å². The molecule has 0 spiro atoms. The second kappa shape index (κ2) is 7.18. The predicted octanol–water partition coefficient (Wildman–Crippen LogP) is 3.27. The van der Waals surface area contributed by atoms with Gasteiger partial charge >= 0.3 is 0 Å². The summed E-state index contributed by atoms with van der Waals surface area (Å²) in [5, 5.41) is 4.13. The maximum atomic E-state index is 5.96. The van der Waals surface area contributed by atoms with E-state index in [-0.39, 0.29) is 0 Å². The van der Waals surface area contributed by atoms with Crippen LogP contribution in [0.25, 0.3) is 22.6 Å². The van der Waals surface area contributed by atoms with Gasteiger partial charge in [0.2, 0.25) is 0 Å². The second-order valence-electron chi connectivity index (χ2n) is 6.74. The van der Waals surface area contributed by atoms with Crippen molar-refractivity contribution in [1.29, 1.82) is 0 Å². The molecule has 1 aromatic carbocycles. The number of nitrogens with two attached hydrogens (primary N) is 1. The molecule has 0 aliphatic rings. The summed E-state index contributed by atoms with van der Waals surface area (Å²) >= 11 is 0. The maximum Gasteiger partial charge on any atom is 0.138 e. The zero-order chi connectivity index (χ0) is 20.5. The molecule has 5 aromatic rings. The zero-order valence-corrected chi connectivity index (χ0v) is 16.2. The van der Waals surface area contributed by atoms with Gasteiger partial charge in [0, 0.05) is 17.3 Å². The third-order valence-corrected chi connectivity index (χ3v) is 4.75. The van der Waals surface area contributed by atoms with E-state index < -0.39 is 0 Å². The first-order valence-corrected chi connectivity index (χ1v) is 9.37. The predicted molar refractivity (Wildman–Crippen MR) is 115 cm³/mol. The highest BCUT2D eigenvalue weighted by atomic mass is 15.3. The molecule has 0 amide bonds. The highest BCUT2D eigenvalue weighted by Crippen LogP contribution is 2.27. The van der Waals surface area contributed by atoms with Crippen molar-refractivity contribution in [3.8, 4) is 28.8 Å². The first kappa shape index (κ1) is 17.6. The van der Waals surface area contributed by atoms with Gasteiger partial charge in [0.1, 0.15) is 29.8 Å². The van der Waals surface area contributed by atoms with Crippen molar-refractivity contribution >= 4 is 11.5 Å². The van der Waals surface area contributed by atoms with Crippen molar-refractivity contribution in [2.75, 3.05) is 5.73 Å². The Morgan fingerprint density at radius 3 is 2.60 bits per heavy atom. The van der Waals surface area contributed by atoms with Crippen LogP contribution in [-0.4, -0.2) is 29.1 Å². The van der Waals surface area contributed by atoms with Crippen molar-refractivity contribution in [2.45, 2.75) is 6.92 Å². The van der Waals surface area contributed by atoms with Crippen molar-refractivity contribution in [2.24, 2.45) is 0 Å². The molecule has 30 heavy (non-hydrogen) atoms. The van der Waals surface area contributed by atoms with E-state index in [0.29, 0.717) is 11.5 Å². The number of hydrogen-bond donors (Lipinski definition) is 1. The number of nitrogens with zero attached hydrogens (tertiary/aromatic N) is 6. The molecule has 4 heterocycles. The molecule has 0 saturated carbocycles. The van der Waals surface area contributed by atoms with Crippen molar-refractivity contribution in [3.63, 3.8) is 0 Å². The molecule has 0 unspecified atom stereocenters. The van der Waals surface area contributed by atoms with Gasteiger partial charge in [0.15, 0.2) is 0 Å². The lowest BCUT2D eigenvalue weighted by Crippen LogP contribution is -1.98. The molecule has 0 fully saturated rings. The Morgan fingerprint density at radius 2 is 1.80 bits per heavy atom. The summed E-state index contributed by atoms with van der Waals surface area (Å²) < 4.78 is 3.74. The van der Waals surface area contributed by atoms with Gasteiger partial charge in [-0.1, -0.05) is 12.0 Å².